The largest absolute Gasteiger partial charge is 0.457 e. The van der Waals surface area contributed by atoms with Gasteiger partial charge in [-0.2, -0.15) is 0 Å². The fraction of sp³-hybridized carbons (Fsp3) is 0.211. The van der Waals surface area contributed by atoms with Crippen LogP contribution in [0.5, 0.6) is 11.5 Å². The standard InChI is InChI=1S/C19H17N3O4/c23-17-11-22(19(25)20-17)12-18(24)21-9-13-5-1-3-7-15(13)26-16-8-4-2-6-14(16)10-21/h1-8H,9-12H2,(H,20,23,25). The monoisotopic (exact) mass is 351 g/mol. The van der Waals surface area contributed by atoms with Crippen molar-refractivity contribution in [3.05, 3.63) is 59.7 Å². The third-order valence-corrected chi connectivity index (χ3v) is 4.43. The summed E-state index contributed by atoms with van der Waals surface area (Å²) in [4.78, 5) is 38.8. The lowest BCUT2D eigenvalue weighted by Gasteiger charge is -2.29. The molecule has 0 radical (unpaired) electrons. The van der Waals surface area contributed by atoms with Gasteiger partial charge in [0.1, 0.15) is 24.6 Å². The number of ether oxygens (including phenoxy) is 1. The van der Waals surface area contributed by atoms with Crippen molar-refractivity contribution < 1.29 is 19.1 Å². The van der Waals surface area contributed by atoms with Crippen molar-refractivity contribution in [2.45, 2.75) is 13.1 Å². The molecule has 0 unspecified atom stereocenters. The summed E-state index contributed by atoms with van der Waals surface area (Å²) in [5.41, 5.74) is 1.77. The van der Waals surface area contributed by atoms with Crippen LogP contribution in [0.1, 0.15) is 11.1 Å². The van der Waals surface area contributed by atoms with Gasteiger partial charge in [-0.15, -0.1) is 0 Å². The number of para-hydroxylation sites is 2. The first-order valence-corrected chi connectivity index (χ1v) is 8.30. The number of fused-ring (bicyclic) bond motifs is 2. The average molecular weight is 351 g/mol. The van der Waals surface area contributed by atoms with Gasteiger partial charge < -0.3 is 14.5 Å². The van der Waals surface area contributed by atoms with E-state index in [-0.39, 0.29) is 24.9 Å². The molecule has 1 saturated heterocycles. The van der Waals surface area contributed by atoms with Gasteiger partial charge in [-0.25, -0.2) is 4.79 Å². The average Bonchev–Trinajstić information content (AvgIpc) is 2.92. The summed E-state index contributed by atoms with van der Waals surface area (Å²) in [7, 11) is 0. The number of carbonyl (C=O) groups is 3. The molecule has 26 heavy (non-hydrogen) atoms. The first-order valence-electron chi connectivity index (χ1n) is 8.30. The minimum atomic E-state index is -0.528. The van der Waals surface area contributed by atoms with E-state index in [2.05, 4.69) is 5.32 Å². The van der Waals surface area contributed by atoms with Crippen LogP contribution in [0.3, 0.4) is 0 Å². The van der Waals surface area contributed by atoms with Gasteiger partial charge in [0.2, 0.25) is 11.8 Å². The van der Waals surface area contributed by atoms with Gasteiger partial charge in [-0.05, 0) is 12.1 Å². The Balaban J connectivity index is 1.62. The van der Waals surface area contributed by atoms with Crippen molar-refractivity contribution >= 4 is 17.8 Å². The predicted molar refractivity (Wildman–Crippen MR) is 92.3 cm³/mol. The van der Waals surface area contributed by atoms with Crippen LogP contribution in [-0.2, 0) is 22.7 Å². The number of nitrogens with zero attached hydrogens (tertiary/aromatic N) is 2. The van der Waals surface area contributed by atoms with Crippen LogP contribution in [-0.4, -0.2) is 40.7 Å². The van der Waals surface area contributed by atoms with Crippen molar-refractivity contribution in [2.75, 3.05) is 13.1 Å². The predicted octanol–water partition coefficient (Wildman–Crippen LogP) is 1.87. The zero-order valence-electron chi connectivity index (χ0n) is 14.0. The summed E-state index contributed by atoms with van der Waals surface area (Å²) in [6, 6.07) is 14.6. The first kappa shape index (κ1) is 16.1. The van der Waals surface area contributed by atoms with Gasteiger partial charge in [0.15, 0.2) is 0 Å². The number of benzene rings is 2. The maximum Gasteiger partial charge on any atom is 0.325 e. The van der Waals surface area contributed by atoms with Crippen LogP contribution >= 0.6 is 0 Å². The highest BCUT2D eigenvalue weighted by Crippen LogP contribution is 2.32. The van der Waals surface area contributed by atoms with Crippen LogP contribution < -0.4 is 10.1 Å². The molecule has 0 atom stereocenters. The Bertz CT molecular complexity index is 848. The summed E-state index contributed by atoms with van der Waals surface area (Å²) in [6.45, 7) is 0.511. The van der Waals surface area contributed by atoms with E-state index >= 15 is 0 Å². The molecule has 2 aromatic carbocycles. The van der Waals surface area contributed by atoms with Crippen LogP contribution in [0.2, 0.25) is 0 Å². The molecule has 7 heteroatoms. The lowest BCUT2D eigenvalue weighted by atomic mass is 10.1. The summed E-state index contributed by atoms with van der Waals surface area (Å²) < 4.78 is 6.02. The van der Waals surface area contributed by atoms with E-state index in [1.807, 2.05) is 48.5 Å². The molecular weight excluding hydrogens is 334 g/mol. The second-order valence-corrected chi connectivity index (χ2v) is 6.28. The van der Waals surface area contributed by atoms with E-state index in [0.717, 1.165) is 11.1 Å². The van der Waals surface area contributed by atoms with Gasteiger partial charge >= 0.3 is 6.03 Å². The van der Waals surface area contributed by atoms with Gasteiger partial charge in [0.05, 0.1) is 0 Å². The van der Waals surface area contributed by atoms with Crippen molar-refractivity contribution in [2.24, 2.45) is 0 Å². The fourth-order valence-electron chi connectivity index (χ4n) is 3.10. The van der Waals surface area contributed by atoms with Gasteiger partial charge in [0, 0.05) is 24.2 Å². The number of amides is 4. The molecule has 4 amide bonds. The van der Waals surface area contributed by atoms with Crippen LogP contribution in [0.4, 0.5) is 4.79 Å². The molecule has 2 aliphatic heterocycles. The Kier molecular flexibility index (Phi) is 4.04. The number of hydrogen-bond donors (Lipinski definition) is 1. The smallest absolute Gasteiger partial charge is 0.325 e. The highest BCUT2D eigenvalue weighted by molar-refractivity contribution is 6.03. The van der Waals surface area contributed by atoms with Crippen LogP contribution in [0.15, 0.2) is 48.5 Å². The van der Waals surface area contributed by atoms with Gasteiger partial charge in [-0.3, -0.25) is 14.9 Å². The van der Waals surface area contributed by atoms with Crippen molar-refractivity contribution in [1.82, 2.24) is 15.1 Å². The molecule has 4 rings (SSSR count). The first-order chi connectivity index (χ1) is 12.6. The van der Waals surface area contributed by atoms with Gasteiger partial charge in [-0.1, -0.05) is 36.4 Å². The maximum absolute atomic E-state index is 12.8. The number of carbonyl (C=O) groups excluding carboxylic acids is 3. The second kappa shape index (κ2) is 6.51. The van der Waals surface area contributed by atoms with E-state index < -0.39 is 6.03 Å². The number of imide groups is 1. The SMILES string of the molecule is O=C1CN(CC(=O)N2Cc3ccccc3Oc3ccccc3C2)C(=O)N1. The van der Waals surface area contributed by atoms with Crippen LogP contribution in [0, 0.1) is 0 Å². The topological polar surface area (TPSA) is 79.0 Å². The maximum atomic E-state index is 12.8. The molecule has 0 spiro atoms. The Morgan fingerprint density at radius 1 is 0.923 bits per heavy atom. The van der Waals surface area contributed by atoms with E-state index in [1.54, 1.807) is 4.90 Å². The summed E-state index contributed by atoms with van der Waals surface area (Å²) >= 11 is 0. The Labute approximate surface area is 150 Å². The Morgan fingerprint density at radius 2 is 1.50 bits per heavy atom. The summed E-state index contributed by atoms with van der Waals surface area (Å²) in [5, 5.41) is 2.19. The summed E-state index contributed by atoms with van der Waals surface area (Å²) in [5.74, 6) is 0.791. The highest BCUT2D eigenvalue weighted by atomic mass is 16.5. The number of nitrogens with one attached hydrogen (secondary N) is 1. The van der Waals surface area contributed by atoms with E-state index in [1.165, 1.54) is 4.90 Å². The Hall–Kier alpha value is -3.35. The Morgan fingerprint density at radius 3 is 2.04 bits per heavy atom. The molecule has 132 valence electrons. The molecule has 0 bridgehead atoms. The second-order valence-electron chi connectivity index (χ2n) is 6.28. The van der Waals surface area contributed by atoms with Crippen molar-refractivity contribution in [3.8, 4) is 11.5 Å². The molecule has 0 aliphatic carbocycles. The summed E-state index contributed by atoms with van der Waals surface area (Å²) in [6.07, 6.45) is 0. The highest BCUT2D eigenvalue weighted by Gasteiger charge is 2.30. The third-order valence-electron chi connectivity index (χ3n) is 4.43. The fourth-order valence-corrected chi connectivity index (χ4v) is 3.10. The van der Waals surface area contributed by atoms with Crippen molar-refractivity contribution in [3.63, 3.8) is 0 Å². The normalized spacial score (nSPS) is 16.2. The molecule has 2 heterocycles. The quantitative estimate of drug-likeness (QED) is 0.838. The molecular formula is C19H17N3O4. The molecule has 7 nitrogen and oxygen atoms in total. The van der Waals surface area contributed by atoms with E-state index in [0.29, 0.717) is 24.6 Å². The molecule has 0 aromatic heterocycles. The van der Waals surface area contributed by atoms with Crippen LogP contribution in [0.25, 0.3) is 0 Å². The third kappa shape index (κ3) is 3.11. The van der Waals surface area contributed by atoms with E-state index in [4.69, 9.17) is 4.74 Å². The molecule has 0 saturated carbocycles. The minimum absolute atomic E-state index is 0.0886. The lowest BCUT2D eigenvalue weighted by Crippen LogP contribution is -2.41. The number of hydrogen-bond acceptors (Lipinski definition) is 4. The van der Waals surface area contributed by atoms with Crippen molar-refractivity contribution in [1.29, 1.82) is 0 Å². The zero-order valence-corrected chi connectivity index (χ0v) is 14.0. The lowest BCUT2D eigenvalue weighted by molar-refractivity contribution is -0.133. The number of urea groups is 1. The van der Waals surface area contributed by atoms with Gasteiger partial charge in [0.25, 0.3) is 0 Å². The number of rotatable bonds is 2. The molecule has 2 aromatic rings. The minimum Gasteiger partial charge on any atom is -0.457 e. The zero-order chi connectivity index (χ0) is 18.1. The molecule has 1 fully saturated rings. The molecule has 1 N–H and O–H groups in total. The van der Waals surface area contributed by atoms with E-state index in [9.17, 15) is 14.4 Å². The molecule has 2 aliphatic rings.